The SMILES string of the molecule is C[C@@H]1CCCN1CCc1ccc(C2=CC[C@H]3CN(Cc4ccccc4)C[C@H]23)cc1. The van der Waals surface area contributed by atoms with Gasteiger partial charge >= 0.3 is 0 Å². The largest absolute Gasteiger partial charge is 0.300 e. The minimum atomic E-state index is 0.718. The predicted molar refractivity (Wildman–Crippen MR) is 122 cm³/mol. The molecule has 2 nitrogen and oxygen atoms in total. The molecule has 0 N–H and O–H groups in total. The van der Waals surface area contributed by atoms with Gasteiger partial charge in [0.05, 0.1) is 0 Å². The molecule has 29 heavy (non-hydrogen) atoms. The predicted octanol–water partition coefficient (Wildman–Crippen LogP) is 5.25. The van der Waals surface area contributed by atoms with Gasteiger partial charge < -0.3 is 4.90 Å². The summed E-state index contributed by atoms with van der Waals surface area (Å²) in [6.07, 6.45) is 7.70. The first-order valence-electron chi connectivity index (χ1n) is 11.6. The second-order valence-corrected chi connectivity index (χ2v) is 9.42. The van der Waals surface area contributed by atoms with E-state index in [0.717, 1.165) is 24.4 Å². The maximum Gasteiger partial charge on any atom is 0.0234 e. The van der Waals surface area contributed by atoms with Crippen molar-refractivity contribution in [2.24, 2.45) is 11.8 Å². The van der Waals surface area contributed by atoms with Crippen molar-refractivity contribution in [2.45, 2.75) is 45.2 Å². The summed E-state index contributed by atoms with van der Waals surface area (Å²) in [5.41, 5.74) is 5.98. The standard InChI is InChI=1S/C27H34N2/c1-21-6-5-16-29(21)17-15-22-9-11-24(12-10-22)26-14-13-25-19-28(20-27(25)26)18-23-7-3-2-4-8-23/h2-4,7-12,14,21,25,27H,5-6,13,15-20H2,1H3/t21-,25+,27+/m1/s1. The zero-order valence-corrected chi connectivity index (χ0v) is 17.8. The lowest BCUT2D eigenvalue weighted by Crippen LogP contribution is -2.28. The second-order valence-electron chi connectivity index (χ2n) is 9.42. The lowest BCUT2D eigenvalue weighted by molar-refractivity contribution is 0.272. The van der Waals surface area contributed by atoms with Crippen molar-refractivity contribution in [3.63, 3.8) is 0 Å². The van der Waals surface area contributed by atoms with Gasteiger partial charge in [-0.3, -0.25) is 4.90 Å². The molecule has 0 spiro atoms. The molecule has 0 amide bonds. The molecule has 0 aromatic heterocycles. The molecule has 2 heterocycles. The summed E-state index contributed by atoms with van der Waals surface area (Å²) in [6.45, 7) is 8.42. The molecule has 3 aliphatic rings. The minimum Gasteiger partial charge on any atom is -0.300 e. The third-order valence-electron chi connectivity index (χ3n) is 7.47. The highest BCUT2D eigenvalue weighted by Gasteiger charge is 2.38. The van der Waals surface area contributed by atoms with Crippen molar-refractivity contribution in [3.8, 4) is 0 Å². The van der Waals surface area contributed by atoms with E-state index < -0.39 is 0 Å². The van der Waals surface area contributed by atoms with Gasteiger partial charge in [0.25, 0.3) is 0 Å². The minimum absolute atomic E-state index is 0.718. The van der Waals surface area contributed by atoms with Crippen LogP contribution >= 0.6 is 0 Å². The van der Waals surface area contributed by atoms with E-state index in [1.165, 1.54) is 68.6 Å². The van der Waals surface area contributed by atoms with E-state index in [9.17, 15) is 0 Å². The fraction of sp³-hybridized carbons (Fsp3) is 0.481. The number of allylic oxidation sites excluding steroid dienone is 1. The molecule has 0 radical (unpaired) electrons. The van der Waals surface area contributed by atoms with Gasteiger partial charge in [-0.05, 0) is 67.3 Å². The molecule has 2 fully saturated rings. The first kappa shape index (κ1) is 19.1. The molecule has 2 aliphatic heterocycles. The third kappa shape index (κ3) is 4.20. The molecule has 3 atom stereocenters. The summed E-state index contributed by atoms with van der Waals surface area (Å²) in [4.78, 5) is 5.31. The van der Waals surface area contributed by atoms with Crippen LogP contribution in [0.5, 0.6) is 0 Å². The summed E-state index contributed by atoms with van der Waals surface area (Å²) in [5, 5.41) is 0. The molecular formula is C27H34N2. The topological polar surface area (TPSA) is 6.48 Å². The van der Waals surface area contributed by atoms with E-state index in [4.69, 9.17) is 0 Å². The summed E-state index contributed by atoms with van der Waals surface area (Å²) in [5.74, 6) is 1.53. The summed E-state index contributed by atoms with van der Waals surface area (Å²) < 4.78 is 0. The van der Waals surface area contributed by atoms with Crippen LogP contribution in [0.3, 0.4) is 0 Å². The van der Waals surface area contributed by atoms with Crippen molar-refractivity contribution in [2.75, 3.05) is 26.2 Å². The van der Waals surface area contributed by atoms with E-state index in [-0.39, 0.29) is 0 Å². The Morgan fingerprint density at radius 2 is 1.76 bits per heavy atom. The summed E-state index contributed by atoms with van der Waals surface area (Å²) in [6, 6.07) is 21.2. The van der Waals surface area contributed by atoms with Crippen LogP contribution in [0.1, 0.15) is 42.9 Å². The molecule has 1 aliphatic carbocycles. The number of likely N-dealkylation sites (tertiary alicyclic amines) is 2. The highest BCUT2D eigenvalue weighted by atomic mass is 15.2. The van der Waals surface area contributed by atoms with E-state index in [0.29, 0.717) is 0 Å². The Bertz CT molecular complexity index is 839. The van der Waals surface area contributed by atoms with E-state index in [1.54, 1.807) is 5.57 Å². The Morgan fingerprint density at radius 3 is 2.52 bits per heavy atom. The number of benzene rings is 2. The maximum atomic E-state index is 2.66. The highest BCUT2D eigenvalue weighted by molar-refractivity contribution is 5.70. The normalized spacial score (nSPS) is 27.3. The van der Waals surface area contributed by atoms with Crippen molar-refractivity contribution in [1.29, 1.82) is 0 Å². The number of hydrogen-bond acceptors (Lipinski definition) is 2. The van der Waals surface area contributed by atoms with Gasteiger partial charge in [-0.15, -0.1) is 0 Å². The van der Waals surface area contributed by atoms with E-state index in [2.05, 4.69) is 77.4 Å². The van der Waals surface area contributed by atoms with Gasteiger partial charge in [0.2, 0.25) is 0 Å². The van der Waals surface area contributed by atoms with Crippen LogP contribution in [0.25, 0.3) is 5.57 Å². The molecule has 5 rings (SSSR count). The van der Waals surface area contributed by atoms with Gasteiger partial charge in [0.1, 0.15) is 0 Å². The van der Waals surface area contributed by atoms with Gasteiger partial charge in [-0.25, -0.2) is 0 Å². The third-order valence-corrected chi connectivity index (χ3v) is 7.47. The number of fused-ring (bicyclic) bond motifs is 1. The monoisotopic (exact) mass is 386 g/mol. The van der Waals surface area contributed by atoms with Crippen molar-refractivity contribution in [1.82, 2.24) is 9.80 Å². The Balaban J connectivity index is 1.19. The molecule has 2 saturated heterocycles. The van der Waals surface area contributed by atoms with Crippen LogP contribution in [0.4, 0.5) is 0 Å². The molecule has 0 bridgehead atoms. The smallest absolute Gasteiger partial charge is 0.0234 e. The van der Waals surface area contributed by atoms with Crippen molar-refractivity contribution >= 4 is 5.57 Å². The van der Waals surface area contributed by atoms with Gasteiger partial charge in [-0.1, -0.05) is 60.7 Å². The molecular weight excluding hydrogens is 352 g/mol. The lowest BCUT2D eigenvalue weighted by atomic mass is 9.90. The summed E-state index contributed by atoms with van der Waals surface area (Å²) in [7, 11) is 0. The number of rotatable bonds is 6. The molecule has 0 saturated carbocycles. The Kier molecular flexibility index (Phi) is 5.56. The number of hydrogen-bond donors (Lipinski definition) is 0. The van der Waals surface area contributed by atoms with Crippen molar-refractivity contribution in [3.05, 3.63) is 77.4 Å². The zero-order valence-electron chi connectivity index (χ0n) is 17.8. The highest BCUT2D eigenvalue weighted by Crippen LogP contribution is 2.43. The van der Waals surface area contributed by atoms with Crippen LogP contribution in [0.15, 0.2) is 60.7 Å². The average molecular weight is 387 g/mol. The molecule has 152 valence electrons. The molecule has 0 unspecified atom stereocenters. The van der Waals surface area contributed by atoms with Crippen LogP contribution < -0.4 is 0 Å². The average Bonchev–Trinajstić information content (AvgIpc) is 3.44. The first-order chi connectivity index (χ1) is 14.3. The molecule has 2 heteroatoms. The van der Waals surface area contributed by atoms with Crippen LogP contribution in [0, 0.1) is 11.8 Å². The summed E-state index contributed by atoms with van der Waals surface area (Å²) >= 11 is 0. The van der Waals surface area contributed by atoms with Gasteiger partial charge in [0, 0.05) is 38.1 Å². The second kappa shape index (κ2) is 8.45. The van der Waals surface area contributed by atoms with E-state index >= 15 is 0 Å². The van der Waals surface area contributed by atoms with Crippen LogP contribution in [-0.4, -0.2) is 42.0 Å². The van der Waals surface area contributed by atoms with Gasteiger partial charge in [-0.2, -0.15) is 0 Å². The first-order valence-corrected chi connectivity index (χ1v) is 11.6. The van der Waals surface area contributed by atoms with Crippen molar-refractivity contribution < 1.29 is 0 Å². The fourth-order valence-corrected chi connectivity index (χ4v) is 5.75. The number of nitrogens with zero attached hydrogens (tertiary/aromatic N) is 2. The van der Waals surface area contributed by atoms with Gasteiger partial charge in [0.15, 0.2) is 0 Å². The Morgan fingerprint density at radius 1 is 0.931 bits per heavy atom. The van der Waals surface area contributed by atoms with E-state index in [1.807, 2.05) is 0 Å². The molecule has 2 aromatic carbocycles. The maximum absolute atomic E-state index is 2.66. The Labute approximate surface area is 176 Å². The quantitative estimate of drug-likeness (QED) is 0.669. The zero-order chi connectivity index (χ0) is 19.6. The lowest BCUT2D eigenvalue weighted by Gasteiger charge is -2.21. The Hall–Kier alpha value is -1.90. The molecule has 2 aromatic rings. The fourth-order valence-electron chi connectivity index (χ4n) is 5.75. The van der Waals surface area contributed by atoms with Crippen LogP contribution in [-0.2, 0) is 13.0 Å². The van der Waals surface area contributed by atoms with Crippen LogP contribution in [0.2, 0.25) is 0 Å².